The molecular weight excluding hydrogens is 1730 g/mol. The van der Waals surface area contributed by atoms with Gasteiger partial charge in [0.05, 0.1) is 63.0 Å². The van der Waals surface area contributed by atoms with E-state index < -0.39 is 46.8 Å². The van der Waals surface area contributed by atoms with E-state index in [0.717, 1.165) is 100 Å². The first-order chi connectivity index (χ1) is 59.6. The summed E-state index contributed by atoms with van der Waals surface area (Å²) in [5.41, 5.74) is 5.46. The van der Waals surface area contributed by atoms with Crippen LogP contribution in [0.25, 0.3) is 66.1 Å². The van der Waals surface area contributed by atoms with Crippen LogP contribution in [0.1, 0.15) is 41.2 Å². The fourth-order valence-corrected chi connectivity index (χ4v) is 23.0. The molecule has 18 rings (SSSR count). The van der Waals surface area contributed by atoms with Crippen LogP contribution in [-0.2, 0) is 19.1 Å². The minimum absolute atomic E-state index is 0.122. The van der Waals surface area contributed by atoms with Crippen molar-refractivity contribution in [2.75, 3.05) is 203 Å². The van der Waals surface area contributed by atoms with E-state index in [1.807, 2.05) is 58.6 Å². The van der Waals surface area contributed by atoms with Gasteiger partial charge in [-0.1, -0.05) is 54.5 Å². The van der Waals surface area contributed by atoms with Gasteiger partial charge in [0.1, 0.15) is 58.5 Å². The molecule has 0 saturated carbocycles. The van der Waals surface area contributed by atoms with Gasteiger partial charge in [0.15, 0.2) is 0 Å². The van der Waals surface area contributed by atoms with Crippen LogP contribution in [0.3, 0.4) is 0 Å². The minimum Gasteiger partial charge on any atom is -0.379 e. The van der Waals surface area contributed by atoms with E-state index in [-0.39, 0.29) is 79.0 Å². The van der Waals surface area contributed by atoms with Crippen molar-refractivity contribution in [2.45, 2.75) is 66.2 Å². The molecule has 0 bridgehead atoms. The number of alkyl halides is 1. The maximum atomic E-state index is 15.3. The van der Waals surface area contributed by atoms with Crippen LogP contribution < -0.4 is 31.8 Å². The van der Waals surface area contributed by atoms with Crippen LogP contribution in [0.4, 0.5) is 48.2 Å². The zero-order valence-corrected chi connectivity index (χ0v) is 73.6. The van der Waals surface area contributed by atoms with Gasteiger partial charge in [-0.25, -0.2) is 45.1 Å². The summed E-state index contributed by atoms with van der Waals surface area (Å²) in [6.45, 7) is 31.6. The lowest BCUT2D eigenvalue weighted by Crippen LogP contribution is -2.50. The van der Waals surface area contributed by atoms with Gasteiger partial charge in [0, 0.05) is 250 Å². The molecule has 0 spiro atoms. The number of carbonyl (C=O) groups is 3. The lowest BCUT2D eigenvalue weighted by atomic mass is 9.96. The Labute approximate surface area is 739 Å². The molecule has 124 heavy (non-hydrogen) atoms. The lowest BCUT2D eigenvalue weighted by molar-refractivity contribution is -0.127. The molecule has 6 saturated heterocycles. The number of ether oxygens (including phenoxy) is 1. The Balaban J connectivity index is 0.000000137. The first-order valence-corrected chi connectivity index (χ1v) is 45.4. The van der Waals surface area contributed by atoms with Crippen LogP contribution in [0.5, 0.6) is 0 Å². The molecule has 4 unspecified atom stereocenters. The SMILES string of the molecule is C=CC(=O)N1CCN(c2nc(=O)n3c4c(c(-c5cc(Cl)c(F)cc5F)c(C)cc24)SCC3CN2CCC(F)C2)CC1.C=CC(=O)N1CCN(c2nc(=O)n3c4c(c(-c5cc(Cl)c(F)cc5F)c(C)cc24)SCC3CN2CCN(C)CC2)CC1.C=CC(=O)N1CCN(c2nc(=O)n3c4c(c(-c5cc(Cl)c(F)cc5F)c(C)cc24)SCC3CN2CCOCC2)CC1. The Morgan fingerprint density at radius 1 is 0.427 bits per heavy atom. The number of thioether (sulfide) groups is 3. The van der Waals surface area contributed by atoms with Crippen LogP contribution in [0.15, 0.2) is 122 Å². The summed E-state index contributed by atoms with van der Waals surface area (Å²) in [5.74, 6) is -1.72. The number of amides is 3. The summed E-state index contributed by atoms with van der Waals surface area (Å²) in [6.07, 6.45) is 3.48. The third-order valence-electron chi connectivity index (χ3n) is 24.7. The highest BCUT2D eigenvalue weighted by Gasteiger charge is 2.39. The average Bonchev–Trinajstić information content (AvgIpc) is 0.965. The van der Waals surface area contributed by atoms with Crippen LogP contribution in [0, 0.1) is 55.7 Å². The molecule has 9 aromatic rings. The fourth-order valence-electron chi connectivity index (χ4n) is 18.4. The molecule has 3 amide bonds. The second-order valence-corrected chi connectivity index (χ2v) is 36.8. The number of aryl methyl sites for hydroxylation is 3. The van der Waals surface area contributed by atoms with E-state index in [4.69, 9.17) is 39.5 Å². The largest absolute Gasteiger partial charge is 0.379 e. The number of carbonyl (C=O) groups excluding carboxylic acids is 3. The van der Waals surface area contributed by atoms with Gasteiger partial charge in [0.2, 0.25) is 17.7 Å². The highest BCUT2D eigenvalue weighted by molar-refractivity contribution is 8.00. The topological polar surface area (TPSA) is 198 Å². The number of halogens is 10. The summed E-state index contributed by atoms with van der Waals surface area (Å²) in [7, 11) is 2.11. The second-order valence-electron chi connectivity index (χ2n) is 32.5. The Morgan fingerprint density at radius 3 is 1.03 bits per heavy atom. The quantitative estimate of drug-likeness (QED) is 0.0533. The Morgan fingerprint density at radius 2 is 0.734 bits per heavy atom. The van der Waals surface area contributed by atoms with Gasteiger partial charge in [-0.3, -0.25) is 42.8 Å². The number of morpholine rings is 1. The van der Waals surface area contributed by atoms with Crippen molar-refractivity contribution in [1.29, 1.82) is 0 Å². The van der Waals surface area contributed by atoms with Gasteiger partial charge >= 0.3 is 17.1 Å². The molecule has 0 N–H and O–H groups in total. The number of piperazine rings is 4. The summed E-state index contributed by atoms with van der Waals surface area (Å²) < 4.78 is 113. The highest BCUT2D eigenvalue weighted by Crippen LogP contribution is 2.52. The molecule has 12 heterocycles. The molecule has 9 aliphatic rings. The molecule has 6 aromatic carbocycles. The predicted molar refractivity (Wildman–Crippen MR) is 477 cm³/mol. The zero-order valence-electron chi connectivity index (χ0n) is 68.9. The second kappa shape index (κ2) is 37.1. The van der Waals surface area contributed by atoms with E-state index in [0.29, 0.717) is 204 Å². The van der Waals surface area contributed by atoms with E-state index >= 15 is 13.2 Å². The van der Waals surface area contributed by atoms with E-state index in [1.54, 1.807) is 51.9 Å². The fraction of sp³-hybridized carbons (Fsp3) is 0.420. The van der Waals surface area contributed by atoms with Crippen molar-refractivity contribution >= 4 is 138 Å². The smallest absolute Gasteiger partial charge is 0.350 e. The van der Waals surface area contributed by atoms with E-state index in [2.05, 4.69) is 56.4 Å². The number of likely N-dealkylation sites (tertiary alicyclic amines) is 1. The molecule has 23 nitrogen and oxygen atoms in total. The Kier molecular flexibility index (Phi) is 26.5. The molecular formula is C88H92Cl3F7N16O7S3. The van der Waals surface area contributed by atoms with E-state index in [9.17, 15) is 46.3 Å². The maximum Gasteiger partial charge on any atom is 0.350 e. The van der Waals surface area contributed by atoms with Gasteiger partial charge < -0.3 is 39.0 Å². The Bertz CT molecular complexity index is 5770. The van der Waals surface area contributed by atoms with Gasteiger partial charge in [0.25, 0.3) is 0 Å². The third-order valence-corrected chi connectivity index (χ3v) is 29.3. The first kappa shape index (κ1) is 88.4. The molecule has 36 heteroatoms. The van der Waals surface area contributed by atoms with Gasteiger partial charge in [-0.15, -0.1) is 35.3 Å². The standard InChI is InChI=1S/C30H33ClF2N6O2S.C29H29ClF3N5O2S.C29H30ClF2N5O3S/c1-4-25(40)37-9-11-38(12-10-37)29-21-13-18(2)26(20-14-22(31)24(33)15-23(20)32)28-27(21)39(30(41)34-29)19(17-42-28)16-36-7-5-35(3)6-8-36;1-3-24(39)36-6-8-37(9-7-36)28-20-10-16(2)25(19-11-21(30)23(33)12-22(19)32)27-26(20)38(29(40)34-28)18(15-41-27)14-35-5-4-17(31)13-35;1-3-24(38)35-4-6-36(7-5-35)28-20-12-17(2)25(19-13-21(30)23(32)14-22(19)31)27-26(20)37(29(39)33-28)18(16-41-27)15-34-8-10-40-11-9-34/h4,13-15,19H,1,5-12,16-17H2,2-3H3;3,10-12,17-18H,1,4-9,13-15H2,2H3;3,12-14,18H,1,4-11,15-16H2,2H3. The summed E-state index contributed by atoms with van der Waals surface area (Å²) in [6, 6.07) is 11.6. The van der Waals surface area contributed by atoms with Crippen LogP contribution in [-0.4, -0.2) is 275 Å². The minimum atomic E-state index is -0.886. The van der Waals surface area contributed by atoms with Crippen LogP contribution >= 0.6 is 70.1 Å². The van der Waals surface area contributed by atoms with Gasteiger partial charge in [-0.05, 0) is 106 Å². The number of aromatic nitrogens is 6. The molecule has 0 radical (unpaired) electrons. The van der Waals surface area contributed by atoms with E-state index in [1.165, 1.54) is 48.2 Å². The monoisotopic (exact) mass is 1820 g/mol. The first-order valence-electron chi connectivity index (χ1n) is 41.3. The van der Waals surface area contributed by atoms with Crippen LogP contribution in [0.2, 0.25) is 15.1 Å². The molecule has 3 aromatic heterocycles. The summed E-state index contributed by atoms with van der Waals surface area (Å²) >= 11 is 23.0. The molecule has 6 fully saturated rings. The summed E-state index contributed by atoms with van der Waals surface area (Å²) in [5, 5.41) is 1.81. The zero-order chi connectivity index (χ0) is 87.5. The number of likely N-dealkylation sites (N-methyl/N-ethyl adjacent to an activating group) is 1. The number of benzene rings is 6. The molecule has 654 valence electrons. The lowest BCUT2D eigenvalue weighted by Gasteiger charge is -2.38. The van der Waals surface area contributed by atoms with Crippen molar-refractivity contribution in [1.82, 2.24) is 63.0 Å². The average molecular weight is 1820 g/mol. The molecule has 0 aliphatic carbocycles. The number of hydrogen-bond acceptors (Lipinski definition) is 20. The summed E-state index contributed by atoms with van der Waals surface area (Å²) in [4.78, 5) is 114. The van der Waals surface area contributed by atoms with Crippen molar-refractivity contribution < 1.29 is 49.9 Å². The number of anilines is 3. The van der Waals surface area contributed by atoms with Gasteiger partial charge in [-0.2, -0.15) is 15.0 Å². The number of rotatable bonds is 15. The normalized spacial score (nSPS) is 20.2. The number of nitrogens with zero attached hydrogens (tertiary/aromatic N) is 16. The molecule has 9 aliphatic heterocycles. The van der Waals surface area contributed by atoms with Crippen molar-refractivity contribution in [2.24, 2.45) is 0 Å². The maximum absolute atomic E-state index is 15.3. The molecule has 4 atom stereocenters. The Hall–Kier alpha value is -9.00. The van der Waals surface area contributed by atoms with Crippen molar-refractivity contribution in [3.05, 3.63) is 191 Å². The van der Waals surface area contributed by atoms with Crippen molar-refractivity contribution in [3.8, 4) is 33.4 Å². The predicted octanol–water partition coefficient (Wildman–Crippen LogP) is 13.0. The number of hydrogen-bond donors (Lipinski definition) is 0. The highest BCUT2D eigenvalue weighted by atomic mass is 35.5. The third kappa shape index (κ3) is 17.5. The van der Waals surface area contributed by atoms with Crippen molar-refractivity contribution in [3.63, 3.8) is 0 Å².